The van der Waals surface area contributed by atoms with Crippen molar-refractivity contribution in [3.63, 3.8) is 0 Å². The molecule has 0 saturated carbocycles. The van der Waals surface area contributed by atoms with Crippen LogP contribution >= 0.6 is 11.6 Å². The normalized spacial score (nSPS) is 20.4. The zero-order valence-corrected chi connectivity index (χ0v) is 10.4. The summed E-state index contributed by atoms with van der Waals surface area (Å²) in [6.07, 6.45) is 4.88. The monoisotopic (exact) mass is 254 g/mol. The van der Waals surface area contributed by atoms with E-state index in [-0.39, 0.29) is 10.6 Å². The van der Waals surface area contributed by atoms with Gasteiger partial charge in [-0.3, -0.25) is 0 Å². The number of nitrogens with zero attached hydrogens (tertiary/aromatic N) is 2. The summed E-state index contributed by atoms with van der Waals surface area (Å²) in [6, 6.07) is 1.96. The molecule has 0 aliphatic carbocycles. The quantitative estimate of drug-likeness (QED) is 0.882. The number of rotatable bonds is 2. The van der Waals surface area contributed by atoms with Crippen molar-refractivity contribution < 1.29 is 9.90 Å². The topological polar surface area (TPSA) is 53.4 Å². The van der Waals surface area contributed by atoms with E-state index in [1.165, 1.54) is 12.6 Å². The molecular formula is C12H15ClN2O2. The number of carbonyl (C=O) groups is 1. The van der Waals surface area contributed by atoms with Gasteiger partial charge in [-0.15, -0.1) is 0 Å². The third-order valence-electron chi connectivity index (χ3n) is 3.17. The van der Waals surface area contributed by atoms with Gasteiger partial charge in [-0.1, -0.05) is 11.6 Å². The molecule has 1 aliphatic rings. The number of piperidine rings is 1. The first-order chi connectivity index (χ1) is 8.09. The van der Waals surface area contributed by atoms with E-state index in [0.717, 1.165) is 19.4 Å². The molecule has 0 bridgehead atoms. The molecule has 1 N–H and O–H groups in total. The smallest absolute Gasteiger partial charge is 0.337 e. The van der Waals surface area contributed by atoms with Gasteiger partial charge in [-0.2, -0.15) is 0 Å². The first kappa shape index (κ1) is 12.2. The first-order valence-corrected chi connectivity index (χ1v) is 6.13. The molecule has 2 heterocycles. The molecular weight excluding hydrogens is 240 g/mol. The average molecular weight is 255 g/mol. The van der Waals surface area contributed by atoms with Crippen LogP contribution in [0.15, 0.2) is 12.3 Å². The second-order valence-corrected chi connectivity index (χ2v) is 4.77. The van der Waals surface area contributed by atoms with Crippen molar-refractivity contribution in [2.24, 2.45) is 0 Å². The predicted molar refractivity (Wildman–Crippen MR) is 66.9 cm³/mol. The molecule has 0 radical (unpaired) electrons. The van der Waals surface area contributed by atoms with E-state index < -0.39 is 5.97 Å². The molecule has 2 rings (SSSR count). The van der Waals surface area contributed by atoms with Crippen LogP contribution in [0.25, 0.3) is 0 Å². The largest absolute Gasteiger partial charge is 0.478 e. The molecule has 0 spiro atoms. The summed E-state index contributed by atoms with van der Waals surface area (Å²) in [4.78, 5) is 17.4. The van der Waals surface area contributed by atoms with Crippen molar-refractivity contribution in [3.05, 3.63) is 22.8 Å². The van der Waals surface area contributed by atoms with Gasteiger partial charge in [-0.25, -0.2) is 9.78 Å². The van der Waals surface area contributed by atoms with Gasteiger partial charge in [0.1, 0.15) is 5.82 Å². The van der Waals surface area contributed by atoms with Crippen LogP contribution in [-0.4, -0.2) is 28.6 Å². The number of carboxylic acid groups (broad SMARTS) is 1. The van der Waals surface area contributed by atoms with E-state index in [0.29, 0.717) is 11.9 Å². The first-order valence-electron chi connectivity index (χ1n) is 5.75. The van der Waals surface area contributed by atoms with Crippen LogP contribution in [0.1, 0.15) is 36.5 Å². The van der Waals surface area contributed by atoms with E-state index in [9.17, 15) is 4.79 Å². The van der Waals surface area contributed by atoms with Crippen LogP contribution < -0.4 is 4.90 Å². The lowest BCUT2D eigenvalue weighted by molar-refractivity contribution is 0.0697. The third kappa shape index (κ3) is 2.52. The van der Waals surface area contributed by atoms with E-state index in [1.807, 2.05) is 0 Å². The summed E-state index contributed by atoms with van der Waals surface area (Å²) >= 11 is 5.80. The van der Waals surface area contributed by atoms with Crippen molar-refractivity contribution in [2.75, 3.05) is 11.4 Å². The zero-order chi connectivity index (χ0) is 12.4. The van der Waals surface area contributed by atoms with Crippen LogP contribution in [0.4, 0.5) is 5.82 Å². The Hall–Kier alpha value is -1.29. The molecule has 4 nitrogen and oxygen atoms in total. The van der Waals surface area contributed by atoms with Crippen molar-refractivity contribution >= 4 is 23.4 Å². The lowest BCUT2D eigenvalue weighted by atomic mass is 10.0. The van der Waals surface area contributed by atoms with Gasteiger partial charge in [0.25, 0.3) is 0 Å². The Kier molecular flexibility index (Phi) is 3.52. The maximum absolute atomic E-state index is 11.0. The molecule has 1 fully saturated rings. The van der Waals surface area contributed by atoms with E-state index in [4.69, 9.17) is 16.7 Å². The molecule has 1 atom stereocenters. The van der Waals surface area contributed by atoms with Gasteiger partial charge >= 0.3 is 5.97 Å². The summed E-state index contributed by atoms with van der Waals surface area (Å²) in [5, 5.41) is 9.21. The summed E-state index contributed by atoms with van der Waals surface area (Å²) in [5.41, 5.74) is 0.120. The number of carboxylic acids is 1. The minimum atomic E-state index is -1.01. The molecule has 92 valence electrons. The highest BCUT2D eigenvalue weighted by Crippen LogP contribution is 2.26. The highest BCUT2D eigenvalue weighted by molar-refractivity contribution is 6.33. The Morgan fingerprint density at radius 1 is 1.59 bits per heavy atom. The minimum absolute atomic E-state index is 0.120. The molecule has 1 saturated heterocycles. The number of halogens is 1. The maximum atomic E-state index is 11.0. The fraction of sp³-hybridized carbons (Fsp3) is 0.500. The van der Waals surface area contributed by atoms with Crippen LogP contribution in [0.3, 0.4) is 0 Å². The van der Waals surface area contributed by atoms with Crippen molar-refractivity contribution in [1.82, 2.24) is 4.98 Å². The third-order valence-corrected chi connectivity index (χ3v) is 3.47. The Labute approximate surface area is 105 Å². The Balaban J connectivity index is 2.32. The maximum Gasteiger partial charge on any atom is 0.337 e. The number of aromatic nitrogens is 1. The van der Waals surface area contributed by atoms with E-state index in [2.05, 4.69) is 16.8 Å². The Morgan fingerprint density at radius 3 is 3.00 bits per heavy atom. The van der Waals surface area contributed by atoms with Crippen LogP contribution in [0, 0.1) is 0 Å². The zero-order valence-electron chi connectivity index (χ0n) is 9.69. The fourth-order valence-corrected chi connectivity index (χ4v) is 2.37. The van der Waals surface area contributed by atoms with Crippen molar-refractivity contribution in [2.45, 2.75) is 32.2 Å². The molecule has 1 aromatic rings. The summed E-state index contributed by atoms with van der Waals surface area (Å²) in [6.45, 7) is 3.06. The molecule has 1 aliphatic heterocycles. The summed E-state index contributed by atoms with van der Waals surface area (Å²) < 4.78 is 0. The molecule has 0 aromatic carbocycles. The molecule has 0 amide bonds. The number of aromatic carboxylic acids is 1. The lowest BCUT2D eigenvalue weighted by Gasteiger charge is -2.34. The summed E-state index contributed by atoms with van der Waals surface area (Å²) in [7, 11) is 0. The number of hydrogen-bond donors (Lipinski definition) is 1. The fourth-order valence-electron chi connectivity index (χ4n) is 2.19. The van der Waals surface area contributed by atoms with Gasteiger partial charge in [0.2, 0.25) is 0 Å². The van der Waals surface area contributed by atoms with E-state index in [1.54, 1.807) is 6.07 Å². The van der Waals surface area contributed by atoms with Gasteiger partial charge in [-0.05, 0) is 32.3 Å². The lowest BCUT2D eigenvalue weighted by Crippen LogP contribution is -2.38. The van der Waals surface area contributed by atoms with Crippen molar-refractivity contribution in [1.29, 1.82) is 0 Å². The van der Waals surface area contributed by atoms with Gasteiger partial charge in [0, 0.05) is 18.8 Å². The Morgan fingerprint density at radius 2 is 2.35 bits per heavy atom. The molecule has 5 heteroatoms. The Bertz CT molecular complexity index is 437. The van der Waals surface area contributed by atoms with Gasteiger partial charge in [0.05, 0.1) is 10.6 Å². The highest BCUT2D eigenvalue weighted by atomic mass is 35.5. The average Bonchev–Trinajstić information content (AvgIpc) is 2.30. The predicted octanol–water partition coefficient (Wildman–Crippen LogP) is 2.81. The number of hydrogen-bond acceptors (Lipinski definition) is 3. The minimum Gasteiger partial charge on any atom is -0.478 e. The highest BCUT2D eigenvalue weighted by Gasteiger charge is 2.21. The number of anilines is 1. The standard InChI is InChI=1S/C12H15ClN2O2/c1-8-4-2-3-5-15(8)11-6-9(12(16)17)10(13)7-14-11/h6-8H,2-5H2,1H3,(H,16,17). The summed E-state index contributed by atoms with van der Waals surface area (Å²) in [5.74, 6) is -0.303. The number of pyridine rings is 1. The van der Waals surface area contributed by atoms with Crippen LogP contribution in [-0.2, 0) is 0 Å². The molecule has 1 unspecified atom stereocenters. The van der Waals surface area contributed by atoms with Crippen LogP contribution in [0.5, 0.6) is 0 Å². The second kappa shape index (κ2) is 4.92. The molecule has 1 aromatic heterocycles. The van der Waals surface area contributed by atoms with E-state index >= 15 is 0 Å². The van der Waals surface area contributed by atoms with Crippen LogP contribution in [0.2, 0.25) is 5.02 Å². The SMILES string of the molecule is CC1CCCCN1c1cc(C(=O)O)c(Cl)cn1. The van der Waals surface area contributed by atoms with Gasteiger partial charge < -0.3 is 10.0 Å². The second-order valence-electron chi connectivity index (χ2n) is 4.37. The molecule has 17 heavy (non-hydrogen) atoms. The van der Waals surface area contributed by atoms with Gasteiger partial charge in [0.15, 0.2) is 0 Å². The van der Waals surface area contributed by atoms with Crippen molar-refractivity contribution in [3.8, 4) is 0 Å².